The van der Waals surface area contributed by atoms with E-state index in [1.165, 1.54) is 19.2 Å². The van der Waals surface area contributed by atoms with Gasteiger partial charge in [0.15, 0.2) is 0 Å². The van der Waals surface area contributed by atoms with Gasteiger partial charge >= 0.3 is 0 Å². The Morgan fingerprint density at radius 3 is 2.55 bits per heavy atom. The maximum absolute atomic E-state index is 14.1. The number of nitrogens with zero attached hydrogens (tertiary/aromatic N) is 1. The van der Waals surface area contributed by atoms with E-state index in [9.17, 15) is 12.8 Å². The molecule has 20 heavy (non-hydrogen) atoms. The standard InChI is InChI=1S/C13H19BrFNO3S/c1-3-4-5-6-16(2)20(18,19)12-8-11(14)7-10(9-17)13(12)15/h7-8,17H,3-6,9H2,1-2H3. The summed E-state index contributed by atoms with van der Waals surface area (Å²) in [5, 5.41) is 9.08. The summed E-state index contributed by atoms with van der Waals surface area (Å²) in [5.74, 6) is -0.891. The van der Waals surface area contributed by atoms with Gasteiger partial charge in [-0.1, -0.05) is 35.7 Å². The maximum Gasteiger partial charge on any atom is 0.245 e. The third-order valence-corrected chi connectivity index (χ3v) is 5.33. The van der Waals surface area contributed by atoms with Crippen LogP contribution in [0.25, 0.3) is 0 Å². The van der Waals surface area contributed by atoms with Crippen molar-refractivity contribution in [3.63, 3.8) is 0 Å². The molecule has 1 aromatic rings. The number of aliphatic hydroxyl groups excluding tert-OH is 1. The molecule has 0 unspecified atom stereocenters. The minimum Gasteiger partial charge on any atom is -0.392 e. The molecule has 0 aliphatic heterocycles. The molecule has 0 aliphatic rings. The Kier molecular flexibility index (Phi) is 6.57. The summed E-state index contributed by atoms with van der Waals surface area (Å²) < 4.78 is 40.4. The minimum absolute atomic E-state index is 0.0418. The van der Waals surface area contributed by atoms with Gasteiger partial charge in [-0.25, -0.2) is 17.1 Å². The van der Waals surface area contributed by atoms with Gasteiger partial charge in [0, 0.05) is 23.6 Å². The highest BCUT2D eigenvalue weighted by atomic mass is 79.9. The molecule has 0 bridgehead atoms. The number of hydrogen-bond donors (Lipinski definition) is 1. The van der Waals surface area contributed by atoms with Crippen molar-refractivity contribution in [1.82, 2.24) is 4.31 Å². The number of sulfonamides is 1. The summed E-state index contributed by atoms with van der Waals surface area (Å²) in [7, 11) is -2.45. The number of hydrogen-bond acceptors (Lipinski definition) is 3. The van der Waals surface area contributed by atoms with Crippen LogP contribution in [0, 0.1) is 5.82 Å². The molecule has 0 aliphatic carbocycles. The predicted octanol–water partition coefficient (Wildman–Crippen LogP) is 2.89. The lowest BCUT2D eigenvalue weighted by Gasteiger charge is -2.18. The Labute approximate surface area is 127 Å². The van der Waals surface area contributed by atoms with E-state index in [0.717, 1.165) is 23.6 Å². The van der Waals surface area contributed by atoms with Gasteiger partial charge in [0.1, 0.15) is 10.7 Å². The van der Waals surface area contributed by atoms with E-state index in [0.29, 0.717) is 11.0 Å². The Morgan fingerprint density at radius 2 is 2.00 bits per heavy atom. The highest BCUT2D eigenvalue weighted by Crippen LogP contribution is 2.26. The zero-order chi connectivity index (χ0) is 15.3. The van der Waals surface area contributed by atoms with Crippen LogP contribution in [-0.2, 0) is 16.6 Å². The van der Waals surface area contributed by atoms with Crippen molar-refractivity contribution in [2.75, 3.05) is 13.6 Å². The number of benzene rings is 1. The fraction of sp³-hybridized carbons (Fsp3) is 0.538. The van der Waals surface area contributed by atoms with Gasteiger partial charge in [0.25, 0.3) is 0 Å². The van der Waals surface area contributed by atoms with Crippen molar-refractivity contribution >= 4 is 26.0 Å². The Hall–Kier alpha value is -0.500. The number of unbranched alkanes of at least 4 members (excludes halogenated alkanes) is 2. The molecule has 0 radical (unpaired) electrons. The number of rotatable bonds is 7. The highest BCUT2D eigenvalue weighted by Gasteiger charge is 2.26. The molecular formula is C13H19BrFNO3S. The van der Waals surface area contributed by atoms with Gasteiger partial charge in [-0.15, -0.1) is 0 Å². The molecular weight excluding hydrogens is 349 g/mol. The molecule has 7 heteroatoms. The largest absolute Gasteiger partial charge is 0.392 e. The molecule has 0 amide bonds. The quantitative estimate of drug-likeness (QED) is 0.753. The molecule has 0 heterocycles. The summed E-state index contributed by atoms with van der Waals surface area (Å²) in [6.07, 6.45) is 2.63. The zero-order valence-corrected chi connectivity index (χ0v) is 14.0. The van der Waals surface area contributed by atoms with E-state index in [-0.39, 0.29) is 5.56 Å². The van der Waals surface area contributed by atoms with E-state index < -0.39 is 27.3 Å². The van der Waals surface area contributed by atoms with Crippen LogP contribution in [0.1, 0.15) is 31.7 Å². The van der Waals surface area contributed by atoms with Gasteiger partial charge in [-0.05, 0) is 18.6 Å². The van der Waals surface area contributed by atoms with Gasteiger partial charge in [0.2, 0.25) is 10.0 Å². The zero-order valence-electron chi connectivity index (χ0n) is 11.6. The molecule has 114 valence electrons. The molecule has 0 spiro atoms. The molecule has 0 atom stereocenters. The SMILES string of the molecule is CCCCCN(C)S(=O)(=O)c1cc(Br)cc(CO)c1F. The first-order valence-corrected chi connectivity index (χ1v) is 8.63. The first-order chi connectivity index (χ1) is 9.34. The third-order valence-electron chi connectivity index (χ3n) is 3.01. The Bertz CT molecular complexity index is 563. The molecule has 1 N–H and O–H groups in total. The van der Waals surface area contributed by atoms with Crippen molar-refractivity contribution in [3.05, 3.63) is 28.0 Å². The smallest absolute Gasteiger partial charge is 0.245 e. The molecule has 0 saturated heterocycles. The Morgan fingerprint density at radius 1 is 1.35 bits per heavy atom. The lowest BCUT2D eigenvalue weighted by atomic mass is 10.2. The fourth-order valence-electron chi connectivity index (χ4n) is 1.79. The molecule has 0 saturated carbocycles. The van der Waals surface area contributed by atoms with E-state index in [1.54, 1.807) is 0 Å². The lowest BCUT2D eigenvalue weighted by Crippen LogP contribution is -2.29. The van der Waals surface area contributed by atoms with E-state index in [1.807, 2.05) is 6.92 Å². The highest BCUT2D eigenvalue weighted by molar-refractivity contribution is 9.10. The second kappa shape index (κ2) is 7.49. The van der Waals surface area contributed by atoms with E-state index in [4.69, 9.17) is 5.11 Å². The van der Waals surface area contributed by atoms with Crippen LogP contribution in [0.4, 0.5) is 4.39 Å². The number of aliphatic hydroxyl groups is 1. The average Bonchev–Trinajstić information content (AvgIpc) is 2.40. The summed E-state index contributed by atoms with van der Waals surface area (Å²) in [5.41, 5.74) is -0.0418. The second-order valence-electron chi connectivity index (χ2n) is 4.57. The van der Waals surface area contributed by atoms with Crippen LogP contribution >= 0.6 is 15.9 Å². The Balaban J connectivity index is 3.12. The summed E-state index contributed by atoms with van der Waals surface area (Å²) in [4.78, 5) is -0.407. The van der Waals surface area contributed by atoms with Crippen LogP contribution in [0.2, 0.25) is 0 Å². The topological polar surface area (TPSA) is 57.6 Å². The fourth-order valence-corrected chi connectivity index (χ4v) is 3.79. The van der Waals surface area contributed by atoms with Crippen LogP contribution in [0.15, 0.2) is 21.5 Å². The predicted molar refractivity (Wildman–Crippen MR) is 79.4 cm³/mol. The minimum atomic E-state index is -3.89. The molecule has 0 aromatic heterocycles. The van der Waals surface area contributed by atoms with Crippen molar-refractivity contribution in [1.29, 1.82) is 0 Å². The molecule has 1 aromatic carbocycles. The van der Waals surface area contributed by atoms with Gasteiger partial charge in [-0.2, -0.15) is 0 Å². The van der Waals surface area contributed by atoms with Crippen molar-refractivity contribution in [3.8, 4) is 0 Å². The van der Waals surface area contributed by atoms with Crippen LogP contribution < -0.4 is 0 Å². The van der Waals surface area contributed by atoms with Crippen LogP contribution in [-0.4, -0.2) is 31.4 Å². The lowest BCUT2D eigenvalue weighted by molar-refractivity contribution is 0.274. The van der Waals surface area contributed by atoms with Gasteiger partial charge in [0.05, 0.1) is 6.61 Å². The van der Waals surface area contributed by atoms with Crippen molar-refractivity contribution in [2.24, 2.45) is 0 Å². The summed E-state index contributed by atoms with van der Waals surface area (Å²) in [6.45, 7) is 1.82. The van der Waals surface area contributed by atoms with Crippen LogP contribution in [0.5, 0.6) is 0 Å². The first-order valence-electron chi connectivity index (χ1n) is 6.39. The number of halogens is 2. The monoisotopic (exact) mass is 367 g/mol. The maximum atomic E-state index is 14.1. The normalized spacial score (nSPS) is 12.1. The van der Waals surface area contributed by atoms with Crippen LogP contribution in [0.3, 0.4) is 0 Å². The summed E-state index contributed by atoms with van der Waals surface area (Å²) >= 11 is 3.13. The van der Waals surface area contributed by atoms with Crippen molar-refractivity contribution in [2.45, 2.75) is 37.7 Å². The molecule has 0 fully saturated rings. The van der Waals surface area contributed by atoms with Crippen molar-refractivity contribution < 1.29 is 17.9 Å². The third kappa shape index (κ3) is 4.00. The van der Waals surface area contributed by atoms with E-state index >= 15 is 0 Å². The van der Waals surface area contributed by atoms with Gasteiger partial charge < -0.3 is 5.11 Å². The van der Waals surface area contributed by atoms with Gasteiger partial charge in [-0.3, -0.25) is 0 Å². The molecule has 4 nitrogen and oxygen atoms in total. The first kappa shape index (κ1) is 17.6. The summed E-state index contributed by atoms with van der Waals surface area (Å²) in [6, 6.07) is 2.59. The second-order valence-corrected chi connectivity index (χ2v) is 7.50. The average molecular weight is 368 g/mol. The molecule has 1 rings (SSSR count). The van der Waals surface area contributed by atoms with E-state index in [2.05, 4.69) is 15.9 Å².